The molecule has 84 heavy (non-hydrogen) atoms. The molecule has 0 atom stereocenters. The minimum atomic E-state index is 0.787. The predicted octanol–water partition coefficient (Wildman–Crippen LogP) is 26.2. The molecule has 0 N–H and O–H groups in total. The van der Waals surface area contributed by atoms with Gasteiger partial charge in [0.1, 0.15) is 0 Å². The van der Waals surface area contributed by atoms with Crippen LogP contribution in [0.15, 0.2) is 146 Å². The fourth-order valence-corrected chi connectivity index (χ4v) is 17.0. The van der Waals surface area contributed by atoms with Gasteiger partial charge in [-0.2, -0.15) is 0 Å². The zero-order valence-corrected chi connectivity index (χ0v) is 54.0. The normalized spacial score (nSPS) is 28.2. The Morgan fingerprint density at radius 2 is 0.345 bits per heavy atom. The number of hydrogen-bond donors (Lipinski definition) is 0. The van der Waals surface area contributed by atoms with Gasteiger partial charge in [0.15, 0.2) is 0 Å². The van der Waals surface area contributed by atoms with Crippen LogP contribution in [0.5, 0.6) is 0 Å². The van der Waals surface area contributed by atoms with E-state index in [4.69, 9.17) is 0 Å². The molecule has 6 aromatic rings. The maximum absolute atomic E-state index is 2.40. The monoisotopic (exact) mass is 1120 g/mol. The highest BCUT2D eigenvalue weighted by atomic mass is 14.3. The number of rotatable bonds is 15. The number of benzene rings is 6. The summed E-state index contributed by atoms with van der Waals surface area (Å²) in [5, 5.41) is 0. The second kappa shape index (κ2) is 31.8. The van der Waals surface area contributed by atoms with Crippen LogP contribution in [0.3, 0.4) is 0 Å². The minimum absolute atomic E-state index is 0.787. The van der Waals surface area contributed by atoms with Crippen LogP contribution in [-0.2, 0) is 0 Å². The maximum Gasteiger partial charge on any atom is -0.0162 e. The van der Waals surface area contributed by atoms with Gasteiger partial charge in [-0.3, -0.25) is 0 Å². The SMILES string of the molecule is CCCC1CCC(c2ccc(-c3ccc(C4CCC(C)CC4)cc3)cc2)CC1.CCCC1CCC(c2ccc(-c3ccc(C4CCC(C)CC4)cc3)cc2)CC1.CCCC1CCC(c2ccc(-c3ccc(C4CCC(C)CC4)cc3)cc2)CC1. The molecule has 0 radical (unpaired) electrons. The largest absolute Gasteiger partial charge is 0.0654 e. The highest BCUT2D eigenvalue weighted by Gasteiger charge is 2.26. The standard InChI is InChI=1S/3C28H38/c3*1-3-4-22-7-11-24(12-8-22)26-15-19-28(20-16-26)27-17-13-25(14-18-27)23-9-5-21(2)6-10-23/h3*13-24H,3-12H2,1-2H3. The van der Waals surface area contributed by atoms with E-state index < -0.39 is 0 Å². The molecule has 0 aromatic heterocycles. The Morgan fingerprint density at radius 3 is 0.488 bits per heavy atom. The predicted molar refractivity (Wildman–Crippen MR) is 366 cm³/mol. The van der Waals surface area contributed by atoms with Gasteiger partial charge in [0.25, 0.3) is 0 Å². The Bertz CT molecular complexity index is 2430. The molecule has 0 saturated heterocycles. The topological polar surface area (TPSA) is 0 Å². The Hall–Kier alpha value is -4.68. The smallest absolute Gasteiger partial charge is 0.0162 e. The Morgan fingerprint density at radius 1 is 0.202 bits per heavy atom. The summed E-state index contributed by atoms with van der Waals surface area (Å²) in [6.07, 6.45) is 41.9. The van der Waals surface area contributed by atoms with Crippen molar-refractivity contribution < 1.29 is 0 Å². The van der Waals surface area contributed by atoms with Crippen LogP contribution in [0.2, 0.25) is 0 Å². The lowest BCUT2D eigenvalue weighted by molar-refractivity contribution is 0.308. The van der Waals surface area contributed by atoms with Crippen LogP contribution in [0.25, 0.3) is 33.4 Å². The summed E-state index contributed by atoms with van der Waals surface area (Å²) in [7, 11) is 0. The summed E-state index contributed by atoms with van der Waals surface area (Å²) in [6.45, 7) is 14.2. The average molecular weight is 1120 g/mol. The summed E-state index contributed by atoms with van der Waals surface area (Å²) in [6, 6.07) is 56.9. The third-order valence-electron chi connectivity index (χ3n) is 23.0. The van der Waals surface area contributed by atoms with Crippen LogP contribution < -0.4 is 0 Å². The van der Waals surface area contributed by atoms with E-state index in [1.807, 2.05) is 0 Å². The molecule has 0 heterocycles. The summed E-state index contributed by atoms with van der Waals surface area (Å²) < 4.78 is 0. The molecular formula is C84H114. The zero-order valence-electron chi connectivity index (χ0n) is 54.0. The molecular weight excluding hydrogens is 1010 g/mol. The Kier molecular flexibility index (Phi) is 23.6. The summed E-state index contributed by atoms with van der Waals surface area (Å²) in [4.78, 5) is 0. The van der Waals surface area contributed by atoms with Crippen LogP contribution in [-0.4, -0.2) is 0 Å². The molecule has 6 aliphatic rings. The van der Waals surface area contributed by atoms with Gasteiger partial charge in [-0.1, -0.05) is 264 Å². The van der Waals surface area contributed by atoms with Crippen molar-refractivity contribution >= 4 is 0 Å². The molecule has 6 aromatic carbocycles. The Labute approximate surface area is 514 Å². The van der Waals surface area contributed by atoms with Crippen LogP contribution >= 0.6 is 0 Å². The van der Waals surface area contributed by atoms with E-state index in [-0.39, 0.29) is 0 Å². The van der Waals surface area contributed by atoms with Crippen molar-refractivity contribution in [2.24, 2.45) is 35.5 Å². The lowest BCUT2D eigenvalue weighted by Crippen LogP contribution is -2.13. The van der Waals surface area contributed by atoms with Gasteiger partial charge < -0.3 is 0 Å². The van der Waals surface area contributed by atoms with Crippen molar-refractivity contribution in [3.05, 3.63) is 179 Å². The molecule has 12 rings (SSSR count). The Balaban J connectivity index is 0.000000140. The van der Waals surface area contributed by atoms with Gasteiger partial charge in [-0.05, 0) is 253 Å². The first kappa shape index (κ1) is 62.4. The van der Waals surface area contributed by atoms with Crippen LogP contribution in [0, 0.1) is 35.5 Å². The van der Waals surface area contributed by atoms with Crippen molar-refractivity contribution in [2.45, 2.75) is 270 Å². The maximum atomic E-state index is 2.40. The molecule has 0 aliphatic heterocycles. The first-order valence-corrected chi connectivity index (χ1v) is 35.8. The number of hydrogen-bond acceptors (Lipinski definition) is 0. The zero-order chi connectivity index (χ0) is 58.0. The van der Waals surface area contributed by atoms with E-state index in [0.29, 0.717) is 0 Å². The highest BCUT2D eigenvalue weighted by Crippen LogP contribution is 2.43. The average Bonchev–Trinajstić information content (AvgIpc) is 3.57. The molecule has 0 nitrogen and oxygen atoms in total. The van der Waals surface area contributed by atoms with E-state index in [9.17, 15) is 0 Å². The summed E-state index contributed by atoms with van der Waals surface area (Å²) >= 11 is 0. The molecule has 0 bridgehead atoms. The van der Waals surface area contributed by atoms with E-state index in [2.05, 4.69) is 187 Å². The van der Waals surface area contributed by atoms with Gasteiger partial charge in [0.2, 0.25) is 0 Å². The molecule has 0 amide bonds. The van der Waals surface area contributed by atoms with Crippen molar-refractivity contribution in [1.82, 2.24) is 0 Å². The highest BCUT2D eigenvalue weighted by molar-refractivity contribution is 5.66. The molecule has 6 saturated carbocycles. The molecule has 450 valence electrons. The van der Waals surface area contributed by atoms with Crippen LogP contribution in [0.4, 0.5) is 0 Å². The molecule has 6 fully saturated rings. The van der Waals surface area contributed by atoms with Gasteiger partial charge in [-0.25, -0.2) is 0 Å². The lowest BCUT2D eigenvalue weighted by Gasteiger charge is -2.28. The van der Waals surface area contributed by atoms with E-state index in [0.717, 1.165) is 71.0 Å². The van der Waals surface area contributed by atoms with Gasteiger partial charge in [-0.15, -0.1) is 0 Å². The first-order chi connectivity index (χ1) is 41.2. The van der Waals surface area contributed by atoms with E-state index in [1.165, 1.54) is 226 Å². The fourth-order valence-electron chi connectivity index (χ4n) is 17.0. The second-order valence-electron chi connectivity index (χ2n) is 29.1. The fraction of sp³-hybridized carbons (Fsp3) is 0.571. The third kappa shape index (κ3) is 17.5. The van der Waals surface area contributed by atoms with Crippen molar-refractivity contribution in [2.75, 3.05) is 0 Å². The minimum Gasteiger partial charge on any atom is -0.0654 e. The third-order valence-corrected chi connectivity index (χ3v) is 23.0. The first-order valence-electron chi connectivity index (χ1n) is 35.8. The van der Waals surface area contributed by atoms with Crippen LogP contribution in [0.1, 0.15) is 303 Å². The van der Waals surface area contributed by atoms with Crippen molar-refractivity contribution in [3.63, 3.8) is 0 Å². The van der Waals surface area contributed by atoms with E-state index in [1.54, 1.807) is 33.4 Å². The molecule has 0 heteroatoms. The summed E-state index contributed by atoms with van der Waals surface area (Å²) in [5.41, 5.74) is 17.5. The van der Waals surface area contributed by atoms with Crippen molar-refractivity contribution in [3.8, 4) is 33.4 Å². The lowest BCUT2D eigenvalue weighted by atomic mass is 9.77. The second-order valence-corrected chi connectivity index (χ2v) is 29.1. The van der Waals surface area contributed by atoms with Crippen molar-refractivity contribution in [1.29, 1.82) is 0 Å². The quantitative estimate of drug-likeness (QED) is 0.0961. The van der Waals surface area contributed by atoms with Gasteiger partial charge in [0.05, 0.1) is 0 Å². The van der Waals surface area contributed by atoms with E-state index >= 15 is 0 Å². The molecule has 0 spiro atoms. The molecule has 0 unspecified atom stereocenters. The van der Waals surface area contributed by atoms with Gasteiger partial charge >= 0.3 is 0 Å². The molecule has 6 aliphatic carbocycles. The van der Waals surface area contributed by atoms with Gasteiger partial charge in [0, 0.05) is 0 Å². The summed E-state index contributed by atoms with van der Waals surface area (Å²) in [5.74, 6) is 10.5.